The van der Waals surface area contributed by atoms with Gasteiger partial charge in [-0.15, -0.1) is 6.58 Å². The second kappa shape index (κ2) is 8.27. The molecule has 1 unspecified atom stereocenters. The van der Waals surface area contributed by atoms with Crippen LogP contribution in [0.25, 0.3) is 0 Å². The molecule has 1 rings (SSSR count). The van der Waals surface area contributed by atoms with Crippen LogP contribution in [0.2, 0.25) is 0 Å². The zero-order chi connectivity index (χ0) is 11.6. The number of ether oxygens (including phenoxy) is 4. The summed E-state index contributed by atoms with van der Waals surface area (Å²) in [4.78, 5) is 11.5. The second-order valence-corrected chi connectivity index (χ2v) is 3.28. The number of hydrogen-bond donors (Lipinski definition) is 0. The van der Waals surface area contributed by atoms with E-state index in [1.54, 1.807) is 6.08 Å². The van der Waals surface area contributed by atoms with E-state index in [1.807, 2.05) is 0 Å². The van der Waals surface area contributed by atoms with Gasteiger partial charge >= 0.3 is 5.97 Å². The summed E-state index contributed by atoms with van der Waals surface area (Å²) >= 11 is 0. The third-order valence-corrected chi connectivity index (χ3v) is 2.03. The fourth-order valence-corrected chi connectivity index (χ4v) is 1.25. The van der Waals surface area contributed by atoms with Crippen molar-refractivity contribution in [2.75, 3.05) is 39.6 Å². The molecular weight excluding hydrogens is 212 g/mol. The summed E-state index contributed by atoms with van der Waals surface area (Å²) in [7, 11) is 0. The smallest absolute Gasteiger partial charge is 0.335 e. The zero-order valence-corrected chi connectivity index (χ0v) is 9.35. The highest BCUT2D eigenvalue weighted by Gasteiger charge is 2.19. The van der Waals surface area contributed by atoms with Crippen molar-refractivity contribution in [2.45, 2.75) is 12.5 Å². The molecule has 0 saturated carbocycles. The molecule has 1 saturated heterocycles. The molecule has 0 amide bonds. The number of carbonyl (C=O) groups is 1. The van der Waals surface area contributed by atoms with Gasteiger partial charge in [0.2, 0.25) is 0 Å². The number of carbonyl (C=O) groups excluding carboxylic acids is 1. The van der Waals surface area contributed by atoms with E-state index in [2.05, 4.69) is 6.58 Å². The molecule has 1 fully saturated rings. The molecular formula is C11H18O5. The predicted molar refractivity (Wildman–Crippen MR) is 57.2 cm³/mol. The lowest BCUT2D eigenvalue weighted by Crippen LogP contribution is -2.29. The van der Waals surface area contributed by atoms with Gasteiger partial charge in [-0.05, 0) is 0 Å². The van der Waals surface area contributed by atoms with Crippen LogP contribution in [0.15, 0.2) is 12.7 Å². The summed E-state index contributed by atoms with van der Waals surface area (Å²) in [6.07, 6.45) is 1.50. The minimum absolute atomic E-state index is 0.246. The lowest BCUT2D eigenvalue weighted by atomic mass is 10.2. The summed E-state index contributed by atoms with van der Waals surface area (Å²) in [5.74, 6) is -0.371. The van der Waals surface area contributed by atoms with Crippen molar-refractivity contribution in [2.24, 2.45) is 0 Å². The summed E-state index contributed by atoms with van der Waals surface area (Å²) in [5, 5.41) is 0. The van der Waals surface area contributed by atoms with Crippen molar-refractivity contribution < 1.29 is 23.7 Å². The minimum atomic E-state index is -0.583. The maximum absolute atomic E-state index is 11.5. The first kappa shape index (κ1) is 13.2. The van der Waals surface area contributed by atoms with Crippen LogP contribution in [-0.2, 0) is 23.7 Å². The van der Waals surface area contributed by atoms with Crippen LogP contribution in [0.4, 0.5) is 0 Å². The van der Waals surface area contributed by atoms with E-state index in [0.29, 0.717) is 39.5 Å². The van der Waals surface area contributed by atoms with Crippen LogP contribution in [-0.4, -0.2) is 51.7 Å². The monoisotopic (exact) mass is 230 g/mol. The zero-order valence-electron chi connectivity index (χ0n) is 9.35. The molecule has 1 aliphatic heterocycles. The SMILES string of the molecule is C=CCC1OCCOCCOCCOC1=O. The summed E-state index contributed by atoms with van der Waals surface area (Å²) in [6.45, 7) is 6.06. The average Bonchev–Trinajstić information content (AvgIpc) is 2.28. The quantitative estimate of drug-likeness (QED) is 0.512. The molecule has 0 aromatic heterocycles. The maximum Gasteiger partial charge on any atom is 0.335 e. The fraction of sp³-hybridized carbons (Fsp3) is 0.727. The third-order valence-electron chi connectivity index (χ3n) is 2.03. The summed E-state index contributed by atoms with van der Waals surface area (Å²) in [5.41, 5.74) is 0. The van der Waals surface area contributed by atoms with Gasteiger partial charge in [-0.3, -0.25) is 0 Å². The molecule has 1 atom stereocenters. The molecule has 0 aromatic carbocycles. The van der Waals surface area contributed by atoms with Crippen LogP contribution in [0, 0.1) is 0 Å². The van der Waals surface area contributed by atoms with Gasteiger partial charge in [-0.25, -0.2) is 4.79 Å². The van der Waals surface area contributed by atoms with Gasteiger partial charge in [-0.1, -0.05) is 6.08 Å². The Bertz CT molecular complexity index is 216. The lowest BCUT2D eigenvalue weighted by Gasteiger charge is -2.16. The lowest BCUT2D eigenvalue weighted by molar-refractivity contribution is -0.160. The van der Waals surface area contributed by atoms with Gasteiger partial charge in [0.05, 0.1) is 33.0 Å². The molecule has 5 nitrogen and oxygen atoms in total. The Morgan fingerprint density at radius 2 is 1.75 bits per heavy atom. The largest absolute Gasteiger partial charge is 0.461 e. The molecule has 1 aliphatic rings. The number of rotatable bonds is 2. The van der Waals surface area contributed by atoms with Crippen LogP contribution in [0.3, 0.4) is 0 Å². The second-order valence-electron chi connectivity index (χ2n) is 3.28. The van der Waals surface area contributed by atoms with E-state index < -0.39 is 6.10 Å². The van der Waals surface area contributed by atoms with E-state index in [1.165, 1.54) is 0 Å². The van der Waals surface area contributed by atoms with Crippen LogP contribution < -0.4 is 0 Å². The number of hydrogen-bond acceptors (Lipinski definition) is 5. The molecule has 0 aromatic rings. The van der Waals surface area contributed by atoms with Crippen molar-refractivity contribution in [1.29, 1.82) is 0 Å². The molecule has 0 bridgehead atoms. The standard InChI is InChI=1S/C11H18O5/c1-2-3-10-11(12)16-9-7-14-5-4-13-6-8-15-10/h2,10H,1,3-9H2. The van der Waals surface area contributed by atoms with Gasteiger partial charge in [0.1, 0.15) is 6.61 Å². The Kier molecular flexibility index (Phi) is 6.80. The van der Waals surface area contributed by atoms with Crippen molar-refractivity contribution in [3.63, 3.8) is 0 Å². The Labute approximate surface area is 95.3 Å². The maximum atomic E-state index is 11.5. The molecule has 0 aliphatic carbocycles. The van der Waals surface area contributed by atoms with E-state index in [4.69, 9.17) is 18.9 Å². The normalized spacial score (nSPS) is 25.0. The fourth-order valence-electron chi connectivity index (χ4n) is 1.25. The molecule has 0 N–H and O–H groups in total. The average molecular weight is 230 g/mol. The first-order valence-electron chi connectivity index (χ1n) is 5.39. The van der Waals surface area contributed by atoms with Crippen molar-refractivity contribution in [3.05, 3.63) is 12.7 Å². The van der Waals surface area contributed by atoms with Crippen molar-refractivity contribution >= 4 is 5.97 Å². The highest BCUT2D eigenvalue weighted by Crippen LogP contribution is 2.03. The van der Waals surface area contributed by atoms with Gasteiger partial charge in [0.15, 0.2) is 6.10 Å². The highest BCUT2D eigenvalue weighted by molar-refractivity contribution is 5.74. The topological polar surface area (TPSA) is 54.0 Å². The Hall–Kier alpha value is -0.910. The molecule has 5 heteroatoms. The summed E-state index contributed by atoms with van der Waals surface area (Å²) in [6, 6.07) is 0. The molecule has 0 radical (unpaired) electrons. The highest BCUT2D eigenvalue weighted by atomic mass is 16.6. The number of esters is 1. The van der Waals surface area contributed by atoms with Gasteiger partial charge < -0.3 is 18.9 Å². The van der Waals surface area contributed by atoms with Gasteiger partial charge in [0, 0.05) is 6.42 Å². The molecule has 1 heterocycles. The van der Waals surface area contributed by atoms with E-state index in [0.717, 1.165) is 0 Å². The van der Waals surface area contributed by atoms with Crippen LogP contribution in [0.1, 0.15) is 6.42 Å². The van der Waals surface area contributed by atoms with E-state index >= 15 is 0 Å². The van der Waals surface area contributed by atoms with Gasteiger partial charge in [-0.2, -0.15) is 0 Å². The van der Waals surface area contributed by atoms with Crippen LogP contribution >= 0.6 is 0 Å². The van der Waals surface area contributed by atoms with Gasteiger partial charge in [0.25, 0.3) is 0 Å². The number of cyclic esters (lactones) is 1. The summed E-state index contributed by atoms with van der Waals surface area (Å²) < 4.78 is 20.8. The third kappa shape index (κ3) is 5.25. The predicted octanol–water partition coefficient (Wildman–Crippen LogP) is 0.538. The Balaban J connectivity index is 2.39. The Morgan fingerprint density at radius 1 is 1.12 bits per heavy atom. The first-order valence-corrected chi connectivity index (χ1v) is 5.39. The van der Waals surface area contributed by atoms with Crippen molar-refractivity contribution in [1.82, 2.24) is 0 Å². The molecule has 0 spiro atoms. The van der Waals surface area contributed by atoms with Crippen LogP contribution in [0.5, 0.6) is 0 Å². The molecule has 16 heavy (non-hydrogen) atoms. The van der Waals surface area contributed by atoms with E-state index in [9.17, 15) is 4.79 Å². The van der Waals surface area contributed by atoms with Crippen molar-refractivity contribution in [3.8, 4) is 0 Å². The molecule has 92 valence electrons. The Morgan fingerprint density at radius 3 is 2.44 bits per heavy atom. The first-order chi connectivity index (χ1) is 7.84. The minimum Gasteiger partial charge on any atom is -0.461 e. The van der Waals surface area contributed by atoms with E-state index in [-0.39, 0.29) is 12.6 Å².